The molecule has 0 amide bonds. The number of nitrogens with zero attached hydrogens (tertiary/aromatic N) is 1. The van der Waals surface area contributed by atoms with Crippen LogP contribution in [0.5, 0.6) is 0 Å². The third kappa shape index (κ3) is 5.98. The second kappa shape index (κ2) is 7.71. The highest BCUT2D eigenvalue weighted by atomic mass is 35.5. The molecule has 0 fully saturated rings. The topological polar surface area (TPSA) is 24.5 Å². The summed E-state index contributed by atoms with van der Waals surface area (Å²) in [6.07, 6.45) is -4.24. The molecular weight excluding hydrogens is 293 g/mol. The molecule has 114 valence electrons. The summed E-state index contributed by atoms with van der Waals surface area (Å²) in [6, 6.07) is 4.85. The zero-order valence-electron chi connectivity index (χ0n) is 11.4. The van der Waals surface area contributed by atoms with E-state index in [0.717, 1.165) is 5.56 Å². The smallest absolute Gasteiger partial charge is 0.383 e. The van der Waals surface area contributed by atoms with Crippen LogP contribution in [0.2, 0.25) is 5.02 Å². The average Bonchev–Trinajstić information content (AvgIpc) is 2.32. The van der Waals surface area contributed by atoms with Gasteiger partial charge in [-0.15, -0.1) is 0 Å². The Balaban J connectivity index is 2.78. The Morgan fingerprint density at radius 2 is 2.05 bits per heavy atom. The number of hydrogen-bond acceptors (Lipinski definition) is 3. The van der Waals surface area contributed by atoms with Crippen molar-refractivity contribution in [3.05, 3.63) is 28.8 Å². The minimum Gasteiger partial charge on any atom is -0.383 e. The molecule has 3 nitrogen and oxygen atoms in total. The van der Waals surface area contributed by atoms with E-state index in [2.05, 4.69) is 5.32 Å². The van der Waals surface area contributed by atoms with E-state index in [4.69, 9.17) is 16.3 Å². The minimum absolute atomic E-state index is 0.432. The zero-order valence-corrected chi connectivity index (χ0v) is 12.2. The lowest BCUT2D eigenvalue weighted by molar-refractivity contribution is -0.119. The maximum absolute atomic E-state index is 12.5. The zero-order chi connectivity index (χ0) is 15.2. The molecule has 0 aliphatic carbocycles. The van der Waals surface area contributed by atoms with Crippen LogP contribution in [0.1, 0.15) is 5.56 Å². The maximum atomic E-state index is 12.5. The highest BCUT2D eigenvalue weighted by Crippen LogP contribution is 2.26. The lowest BCUT2D eigenvalue weighted by Gasteiger charge is -2.24. The molecule has 1 N–H and O–H groups in total. The van der Waals surface area contributed by atoms with Crippen LogP contribution in [0.25, 0.3) is 0 Å². The quantitative estimate of drug-likeness (QED) is 0.783. The Bertz CT molecular complexity index is 427. The summed E-state index contributed by atoms with van der Waals surface area (Å²) in [6.45, 7) is 0.584. The Morgan fingerprint density at radius 1 is 1.35 bits per heavy atom. The molecule has 0 spiro atoms. The second-order valence-electron chi connectivity index (χ2n) is 4.41. The first-order chi connectivity index (χ1) is 9.33. The highest BCUT2D eigenvalue weighted by molar-refractivity contribution is 6.30. The number of anilines is 1. The fourth-order valence-electron chi connectivity index (χ4n) is 1.82. The van der Waals surface area contributed by atoms with Gasteiger partial charge in [-0.25, -0.2) is 0 Å². The molecule has 1 rings (SSSR count). The maximum Gasteiger partial charge on any atom is 0.405 e. The summed E-state index contributed by atoms with van der Waals surface area (Å²) in [4.78, 5) is 1.17. The van der Waals surface area contributed by atoms with Gasteiger partial charge in [-0.05, 0) is 23.8 Å². The molecule has 0 saturated heterocycles. The van der Waals surface area contributed by atoms with E-state index in [0.29, 0.717) is 30.4 Å². The predicted octanol–water partition coefficient (Wildman–Crippen LogP) is 3.07. The molecule has 0 aromatic heterocycles. The standard InChI is InChI=1S/C13H18ClF3N2O/c1-19(9-13(15,16)17)12-4-3-11(14)7-10(12)8-18-5-6-20-2/h3-4,7,18H,5-6,8-9H2,1-2H3. The van der Waals surface area contributed by atoms with E-state index < -0.39 is 12.7 Å². The molecule has 0 saturated carbocycles. The molecule has 0 atom stereocenters. The van der Waals surface area contributed by atoms with Crippen molar-refractivity contribution in [3.63, 3.8) is 0 Å². The van der Waals surface area contributed by atoms with Gasteiger partial charge in [0.05, 0.1) is 6.61 Å². The van der Waals surface area contributed by atoms with Crippen molar-refractivity contribution >= 4 is 17.3 Å². The Labute approximate surface area is 121 Å². The van der Waals surface area contributed by atoms with Crippen LogP contribution < -0.4 is 10.2 Å². The number of halogens is 4. The van der Waals surface area contributed by atoms with Crippen LogP contribution in [0.15, 0.2) is 18.2 Å². The first kappa shape index (κ1) is 17.1. The van der Waals surface area contributed by atoms with E-state index in [1.807, 2.05) is 0 Å². The van der Waals surface area contributed by atoms with Crippen LogP contribution in [-0.4, -0.2) is 40.0 Å². The normalized spacial score (nSPS) is 11.7. The Hall–Kier alpha value is -0.980. The number of rotatable bonds is 7. The van der Waals surface area contributed by atoms with Gasteiger partial charge in [0.1, 0.15) is 6.54 Å². The molecule has 0 bridgehead atoms. The van der Waals surface area contributed by atoms with Crippen molar-refractivity contribution < 1.29 is 17.9 Å². The fraction of sp³-hybridized carbons (Fsp3) is 0.538. The van der Waals surface area contributed by atoms with Gasteiger partial charge in [0.2, 0.25) is 0 Å². The van der Waals surface area contributed by atoms with E-state index in [1.54, 1.807) is 25.3 Å². The third-order valence-electron chi connectivity index (χ3n) is 2.67. The molecule has 1 aromatic rings. The fourth-order valence-corrected chi connectivity index (χ4v) is 2.01. The largest absolute Gasteiger partial charge is 0.405 e. The predicted molar refractivity (Wildman–Crippen MR) is 74.4 cm³/mol. The van der Waals surface area contributed by atoms with Crippen LogP contribution in [0.3, 0.4) is 0 Å². The van der Waals surface area contributed by atoms with Crippen LogP contribution in [-0.2, 0) is 11.3 Å². The van der Waals surface area contributed by atoms with Crippen molar-refractivity contribution in [1.29, 1.82) is 0 Å². The second-order valence-corrected chi connectivity index (χ2v) is 4.85. The molecular formula is C13H18ClF3N2O. The van der Waals surface area contributed by atoms with Crippen molar-refractivity contribution in [3.8, 4) is 0 Å². The molecule has 0 aliphatic rings. The number of ether oxygens (including phenoxy) is 1. The highest BCUT2D eigenvalue weighted by Gasteiger charge is 2.30. The van der Waals surface area contributed by atoms with E-state index in [9.17, 15) is 13.2 Å². The summed E-state index contributed by atoms with van der Waals surface area (Å²) >= 11 is 5.90. The molecule has 7 heteroatoms. The van der Waals surface area contributed by atoms with Gasteiger partial charge >= 0.3 is 6.18 Å². The van der Waals surface area contributed by atoms with Gasteiger partial charge in [-0.3, -0.25) is 0 Å². The summed E-state index contributed by atoms with van der Waals surface area (Å²) < 4.78 is 42.3. The van der Waals surface area contributed by atoms with E-state index in [1.165, 1.54) is 11.9 Å². The summed E-state index contributed by atoms with van der Waals surface area (Å²) in [5.41, 5.74) is 1.23. The Kier molecular flexibility index (Phi) is 6.58. The lowest BCUT2D eigenvalue weighted by atomic mass is 10.1. The van der Waals surface area contributed by atoms with Crippen molar-refractivity contribution in [2.75, 3.05) is 38.8 Å². The summed E-state index contributed by atoms with van der Waals surface area (Å²) in [7, 11) is 3.00. The molecule has 0 unspecified atom stereocenters. The number of benzene rings is 1. The van der Waals surface area contributed by atoms with Gasteiger partial charge in [-0.2, -0.15) is 13.2 Å². The monoisotopic (exact) mass is 310 g/mol. The van der Waals surface area contributed by atoms with Gasteiger partial charge < -0.3 is 15.0 Å². The van der Waals surface area contributed by atoms with Crippen molar-refractivity contribution in [1.82, 2.24) is 5.32 Å². The lowest BCUT2D eigenvalue weighted by Crippen LogP contribution is -2.32. The van der Waals surface area contributed by atoms with Gasteiger partial charge in [-0.1, -0.05) is 11.6 Å². The minimum atomic E-state index is -4.24. The number of alkyl halides is 3. The molecule has 1 aromatic carbocycles. The molecule has 0 aliphatic heterocycles. The SMILES string of the molecule is COCCNCc1cc(Cl)ccc1N(C)CC(F)(F)F. The average molecular weight is 311 g/mol. The summed E-state index contributed by atoms with van der Waals surface area (Å²) in [5, 5.41) is 3.59. The van der Waals surface area contributed by atoms with Crippen LogP contribution in [0.4, 0.5) is 18.9 Å². The molecule has 0 radical (unpaired) electrons. The van der Waals surface area contributed by atoms with E-state index in [-0.39, 0.29) is 0 Å². The van der Waals surface area contributed by atoms with Gasteiger partial charge in [0.25, 0.3) is 0 Å². The number of hydrogen-bond donors (Lipinski definition) is 1. The van der Waals surface area contributed by atoms with Crippen molar-refractivity contribution in [2.24, 2.45) is 0 Å². The van der Waals surface area contributed by atoms with Gasteiger partial charge in [0, 0.05) is 38.0 Å². The first-order valence-electron chi connectivity index (χ1n) is 6.09. The summed E-state index contributed by atoms with van der Waals surface area (Å²) in [5.74, 6) is 0. The van der Waals surface area contributed by atoms with Gasteiger partial charge in [0.15, 0.2) is 0 Å². The molecule has 20 heavy (non-hydrogen) atoms. The third-order valence-corrected chi connectivity index (χ3v) is 2.90. The number of nitrogens with one attached hydrogen (secondary N) is 1. The molecule has 0 heterocycles. The van der Waals surface area contributed by atoms with Crippen LogP contribution >= 0.6 is 11.6 Å². The van der Waals surface area contributed by atoms with E-state index >= 15 is 0 Å². The van der Waals surface area contributed by atoms with Crippen molar-refractivity contribution in [2.45, 2.75) is 12.7 Å². The first-order valence-corrected chi connectivity index (χ1v) is 6.47. The number of methoxy groups -OCH3 is 1. The van der Waals surface area contributed by atoms with Crippen LogP contribution in [0, 0.1) is 0 Å². The Morgan fingerprint density at radius 3 is 2.65 bits per heavy atom.